The fourth-order valence-electron chi connectivity index (χ4n) is 11.0. The van der Waals surface area contributed by atoms with E-state index in [-0.39, 0.29) is 0 Å². The Kier molecular flexibility index (Phi) is 3.20. The highest BCUT2D eigenvalue weighted by Crippen LogP contribution is 2.79. The second kappa shape index (κ2) is 6.12. The summed E-state index contributed by atoms with van der Waals surface area (Å²) in [6.07, 6.45) is 0. The summed E-state index contributed by atoms with van der Waals surface area (Å²) in [7, 11) is 0. The molecule has 8 aliphatic rings. The van der Waals surface area contributed by atoms with Crippen LogP contribution in [-0.4, -0.2) is 0 Å². The summed E-state index contributed by atoms with van der Waals surface area (Å²) in [5, 5.41) is 0. The lowest BCUT2D eigenvalue weighted by molar-refractivity contribution is 0.0281. The molecule has 0 radical (unpaired) electrons. The lowest BCUT2D eigenvalue weighted by Gasteiger charge is -2.60. The molecule has 0 aromatic heterocycles. The number of allylic oxidation sites excluding steroid dienone is 1. The maximum absolute atomic E-state index is 4.97. The fourth-order valence-corrected chi connectivity index (χ4v) is 11.0. The predicted molar refractivity (Wildman–Crippen MR) is 143 cm³/mol. The van der Waals surface area contributed by atoms with Crippen LogP contribution in [0.5, 0.6) is 0 Å². The van der Waals surface area contributed by atoms with E-state index in [2.05, 4.69) is 97.1 Å². The van der Waals surface area contributed by atoms with Crippen LogP contribution in [0.4, 0.5) is 0 Å². The zero-order valence-corrected chi connectivity index (χ0v) is 20.2. The van der Waals surface area contributed by atoms with E-state index < -0.39 is 0 Å². The molecule has 0 heteroatoms. The molecule has 0 amide bonds. The van der Waals surface area contributed by atoms with Crippen molar-refractivity contribution in [3.8, 4) is 0 Å². The van der Waals surface area contributed by atoms with Crippen molar-refractivity contribution < 1.29 is 0 Å². The van der Waals surface area contributed by atoms with Crippen molar-refractivity contribution in [3.63, 3.8) is 0 Å². The minimum absolute atomic E-state index is 0.519. The third-order valence-corrected chi connectivity index (χ3v) is 11.6. The molecule has 2 fully saturated rings. The zero-order chi connectivity index (χ0) is 23.3. The van der Waals surface area contributed by atoms with Crippen molar-refractivity contribution in [2.24, 2.45) is 35.5 Å². The molecule has 4 aromatic carbocycles. The Bertz CT molecular complexity index is 1310. The first kappa shape index (κ1) is 18.8. The lowest BCUT2D eigenvalue weighted by Crippen LogP contribution is -2.52. The van der Waals surface area contributed by atoms with Gasteiger partial charge in [-0.05, 0) is 80.0 Å². The molecule has 36 heavy (non-hydrogen) atoms. The zero-order valence-electron chi connectivity index (χ0n) is 20.2. The molecule has 0 spiro atoms. The molecular formula is C36H28. The molecule has 0 heterocycles. The Balaban J connectivity index is 1.25. The van der Waals surface area contributed by atoms with Crippen molar-refractivity contribution in [1.29, 1.82) is 0 Å². The van der Waals surface area contributed by atoms with Crippen molar-refractivity contribution in [2.75, 3.05) is 0 Å². The van der Waals surface area contributed by atoms with Gasteiger partial charge in [-0.1, -0.05) is 109 Å². The van der Waals surface area contributed by atoms with E-state index in [1.165, 1.54) is 0 Å². The molecule has 12 rings (SSSR count). The Morgan fingerprint density at radius 1 is 0.333 bits per heavy atom. The molecule has 4 atom stereocenters. The Labute approximate surface area is 212 Å². The van der Waals surface area contributed by atoms with Crippen molar-refractivity contribution in [3.05, 3.63) is 154 Å². The third-order valence-electron chi connectivity index (χ3n) is 11.6. The van der Waals surface area contributed by atoms with Gasteiger partial charge in [-0.2, -0.15) is 0 Å². The summed E-state index contributed by atoms with van der Waals surface area (Å²) >= 11 is 0. The highest BCUT2D eigenvalue weighted by molar-refractivity contribution is 5.63. The van der Waals surface area contributed by atoms with Gasteiger partial charge in [-0.25, -0.2) is 0 Å². The Hall–Kier alpha value is -3.38. The quantitative estimate of drug-likeness (QED) is 0.234. The van der Waals surface area contributed by atoms with E-state index in [9.17, 15) is 0 Å². The van der Waals surface area contributed by atoms with Gasteiger partial charge in [0.2, 0.25) is 0 Å². The number of benzene rings is 4. The molecule has 0 saturated heterocycles. The van der Waals surface area contributed by atoms with Crippen molar-refractivity contribution in [1.82, 2.24) is 0 Å². The van der Waals surface area contributed by atoms with Crippen LogP contribution >= 0.6 is 0 Å². The smallest absolute Gasteiger partial charge is 0.0132 e. The summed E-state index contributed by atoms with van der Waals surface area (Å²) in [6.45, 7) is 4.97. The van der Waals surface area contributed by atoms with Gasteiger partial charge >= 0.3 is 0 Å². The monoisotopic (exact) mass is 460 g/mol. The van der Waals surface area contributed by atoms with Crippen LogP contribution in [0.1, 0.15) is 68.2 Å². The van der Waals surface area contributed by atoms with E-state index in [1.54, 1.807) is 50.1 Å². The fraction of sp³-hybridized carbons (Fsp3) is 0.278. The molecule has 4 unspecified atom stereocenters. The van der Waals surface area contributed by atoms with E-state index in [0.29, 0.717) is 59.2 Å². The highest BCUT2D eigenvalue weighted by atomic mass is 14.7. The van der Waals surface area contributed by atoms with Crippen molar-refractivity contribution >= 4 is 0 Å². The number of hydrogen-bond donors (Lipinski definition) is 0. The number of rotatable bonds is 0. The maximum atomic E-state index is 4.97. The molecule has 0 aliphatic heterocycles. The minimum atomic E-state index is 0.519. The minimum Gasteiger partial charge on any atom is -0.0993 e. The van der Waals surface area contributed by atoms with E-state index in [1.807, 2.05) is 0 Å². The van der Waals surface area contributed by atoms with Gasteiger partial charge in [0.1, 0.15) is 0 Å². The lowest BCUT2D eigenvalue weighted by atomic mass is 9.42. The SMILES string of the molecule is C=C1C2C3C4c5ccccc5C(c5ccccc54)C3C1C1C3c4ccccc4C(c4ccccc43)C21. The number of fused-ring (bicyclic) bond motifs is 2. The van der Waals surface area contributed by atoms with Gasteiger partial charge in [-0.3, -0.25) is 0 Å². The predicted octanol–water partition coefficient (Wildman–Crippen LogP) is 7.85. The first-order chi connectivity index (χ1) is 17.8. The van der Waals surface area contributed by atoms with Crippen LogP contribution in [-0.2, 0) is 0 Å². The van der Waals surface area contributed by atoms with Gasteiger partial charge in [-0.15, -0.1) is 0 Å². The molecule has 4 aromatic rings. The van der Waals surface area contributed by atoms with Crippen LogP contribution in [0.25, 0.3) is 0 Å². The third kappa shape index (κ3) is 1.85. The average molecular weight is 461 g/mol. The van der Waals surface area contributed by atoms with Crippen LogP contribution in [0.15, 0.2) is 109 Å². The summed E-state index contributed by atoms with van der Waals surface area (Å²) in [4.78, 5) is 0. The summed E-state index contributed by atoms with van der Waals surface area (Å²) in [5.41, 5.74) is 14.5. The molecule has 172 valence electrons. The summed E-state index contributed by atoms with van der Waals surface area (Å²) in [6, 6.07) is 37.8. The second-order valence-corrected chi connectivity index (χ2v) is 12.4. The van der Waals surface area contributed by atoms with Crippen LogP contribution in [0.2, 0.25) is 0 Å². The molecular weight excluding hydrogens is 432 g/mol. The van der Waals surface area contributed by atoms with Crippen LogP contribution < -0.4 is 0 Å². The van der Waals surface area contributed by atoms with E-state index in [4.69, 9.17) is 6.58 Å². The van der Waals surface area contributed by atoms with E-state index in [0.717, 1.165) is 0 Å². The Morgan fingerprint density at radius 2 is 0.528 bits per heavy atom. The largest absolute Gasteiger partial charge is 0.0993 e. The molecule has 0 N–H and O–H groups in total. The Morgan fingerprint density at radius 3 is 0.722 bits per heavy atom. The van der Waals surface area contributed by atoms with E-state index >= 15 is 0 Å². The van der Waals surface area contributed by atoms with Crippen LogP contribution in [0.3, 0.4) is 0 Å². The van der Waals surface area contributed by atoms with Gasteiger partial charge in [0.05, 0.1) is 0 Å². The standard InChI is InChI=1S/C36H28/c1-18-27-33-29-19-10-2-3-11-20(19)30(22-13-5-4-12-21(22)29)34(33)28(18)36-32-25-16-8-6-14-23(25)31(35(27)36)24-15-7-9-17-26(24)32/h2-17,27-36H,1H2. The number of hydrogen-bond acceptors (Lipinski definition) is 0. The molecule has 6 bridgehead atoms. The summed E-state index contributed by atoms with van der Waals surface area (Å²) < 4.78 is 0. The average Bonchev–Trinajstić information content (AvgIpc) is 3.41. The van der Waals surface area contributed by atoms with Crippen molar-refractivity contribution in [2.45, 2.75) is 23.7 Å². The first-order valence-electron chi connectivity index (χ1n) is 13.9. The topological polar surface area (TPSA) is 0 Å². The normalized spacial score (nSPS) is 38.6. The van der Waals surface area contributed by atoms with Gasteiger partial charge in [0.25, 0.3) is 0 Å². The molecule has 2 saturated carbocycles. The highest BCUT2D eigenvalue weighted by Gasteiger charge is 2.71. The van der Waals surface area contributed by atoms with Gasteiger partial charge < -0.3 is 0 Å². The molecule has 0 nitrogen and oxygen atoms in total. The second-order valence-electron chi connectivity index (χ2n) is 12.4. The maximum Gasteiger partial charge on any atom is 0.0132 e. The van der Waals surface area contributed by atoms with Gasteiger partial charge in [0.15, 0.2) is 0 Å². The van der Waals surface area contributed by atoms with Crippen LogP contribution in [0, 0.1) is 35.5 Å². The molecule has 8 aliphatic carbocycles. The van der Waals surface area contributed by atoms with Gasteiger partial charge in [0, 0.05) is 23.7 Å². The summed E-state index contributed by atoms with van der Waals surface area (Å²) in [5.74, 6) is 6.08. The first-order valence-corrected chi connectivity index (χ1v) is 13.9.